The van der Waals surface area contributed by atoms with E-state index in [9.17, 15) is 4.79 Å². The second-order valence-electron chi connectivity index (χ2n) is 7.06. The van der Waals surface area contributed by atoms with Gasteiger partial charge in [0, 0.05) is 12.1 Å². The quantitative estimate of drug-likeness (QED) is 0.713. The van der Waals surface area contributed by atoms with Gasteiger partial charge in [-0.1, -0.05) is 12.1 Å². The minimum Gasteiger partial charge on any atom is -0.497 e. The molecule has 1 aromatic heterocycles. The number of methoxy groups -OCH3 is 1. The van der Waals surface area contributed by atoms with Gasteiger partial charge in [-0.15, -0.1) is 0 Å². The number of carbonyl (C=O) groups excluding carboxylic acids is 1. The van der Waals surface area contributed by atoms with E-state index in [1.165, 1.54) is 0 Å². The minimum atomic E-state index is -0.128. The lowest BCUT2D eigenvalue weighted by Crippen LogP contribution is -2.34. The van der Waals surface area contributed by atoms with Crippen molar-refractivity contribution < 1.29 is 9.53 Å². The van der Waals surface area contributed by atoms with Crippen LogP contribution in [-0.4, -0.2) is 48.5 Å². The second kappa shape index (κ2) is 8.35. The van der Waals surface area contributed by atoms with E-state index in [1.807, 2.05) is 58.3 Å². The number of hydrogen-bond donors (Lipinski definition) is 1. The summed E-state index contributed by atoms with van der Waals surface area (Å²) in [5.41, 5.74) is 4.95. The van der Waals surface area contributed by atoms with E-state index in [2.05, 4.69) is 20.2 Å². The molecular formula is C22H26N4O2. The summed E-state index contributed by atoms with van der Waals surface area (Å²) in [7, 11) is 5.64. The summed E-state index contributed by atoms with van der Waals surface area (Å²) in [6.45, 7) is 4.34. The van der Waals surface area contributed by atoms with Gasteiger partial charge in [0.25, 0.3) is 5.91 Å². The molecule has 0 bridgehead atoms. The van der Waals surface area contributed by atoms with Gasteiger partial charge >= 0.3 is 0 Å². The Labute approximate surface area is 165 Å². The fourth-order valence-electron chi connectivity index (χ4n) is 3.11. The number of nitrogens with one attached hydrogen (secondary N) is 1. The van der Waals surface area contributed by atoms with Crippen LogP contribution in [0.5, 0.6) is 5.75 Å². The highest BCUT2D eigenvalue weighted by atomic mass is 16.5. The molecule has 0 aliphatic carbocycles. The second-order valence-corrected chi connectivity index (χ2v) is 7.06. The largest absolute Gasteiger partial charge is 0.497 e. The lowest BCUT2D eigenvalue weighted by molar-refractivity contribution is 0.0942. The fraction of sp³-hybridized carbons (Fsp3) is 0.318. The van der Waals surface area contributed by atoms with Crippen molar-refractivity contribution in [2.75, 3.05) is 27.7 Å². The van der Waals surface area contributed by atoms with Crippen LogP contribution in [0, 0.1) is 13.8 Å². The monoisotopic (exact) mass is 378 g/mol. The van der Waals surface area contributed by atoms with Crippen LogP contribution < -0.4 is 10.1 Å². The van der Waals surface area contributed by atoms with Gasteiger partial charge in [0.15, 0.2) is 0 Å². The molecule has 0 aliphatic rings. The highest BCUT2D eigenvalue weighted by molar-refractivity contribution is 5.97. The number of aromatic nitrogens is 2. The molecular weight excluding hydrogens is 352 g/mol. The lowest BCUT2D eigenvalue weighted by atomic mass is 10.1. The van der Waals surface area contributed by atoms with Gasteiger partial charge in [0.2, 0.25) is 0 Å². The van der Waals surface area contributed by atoms with Crippen molar-refractivity contribution >= 4 is 16.9 Å². The van der Waals surface area contributed by atoms with Crippen LogP contribution in [0.1, 0.15) is 33.4 Å². The van der Waals surface area contributed by atoms with Crippen LogP contribution in [-0.2, 0) is 0 Å². The van der Waals surface area contributed by atoms with Crippen LogP contribution in [0.25, 0.3) is 11.0 Å². The van der Waals surface area contributed by atoms with E-state index in [-0.39, 0.29) is 11.9 Å². The maximum absolute atomic E-state index is 12.7. The molecule has 0 saturated heterocycles. The molecule has 1 N–H and O–H groups in total. The summed E-state index contributed by atoms with van der Waals surface area (Å²) in [5, 5.41) is 3.04. The van der Waals surface area contributed by atoms with Gasteiger partial charge < -0.3 is 15.0 Å². The number of rotatable bonds is 6. The van der Waals surface area contributed by atoms with Crippen LogP contribution >= 0.6 is 0 Å². The molecule has 1 unspecified atom stereocenters. The number of carbonyl (C=O) groups is 1. The summed E-state index contributed by atoms with van der Waals surface area (Å²) in [6.07, 6.45) is 0. The van der Waals surface area contributed by atoms with Crippen LogP contribution in [0.3, 0.4) is 0 Å². The van der Waals surface area contributed by atoms with Gasteiger partial charge in [-0.05, 0) is 63.8 Å². The zero-order valence-electron chi connectivity index (χ0n) is 17.0. The first-order chi connectivity index (χ1) is 13.4. The zero-order chi connectivity index (χ0) is 20.3. The highest BCUT2D eigenvalue weighted by Gasteiger charge is 2.17. The van der Waals surface area contributed by atoms with Crippen molar-refractivity contribution in [3.63, 3.8) is 0 Å². The van der Waals surface area contributed by atoms with Gasteiger partial charge in [-0.3, -0.25) is 4.79 Å². The maximum atomic E-state index is 12.7. The number of likely N-dealkylation sites (N-methyl/N-ethyl adjacent to an activating group) is 1. The Morgan fingerprint density at radius 2 is 1.79 bits per heavy atom. The molecule has 0 aliphatic heterocycles. The van der Waals surface area contributed by atoms with Gasteiger partial charge in [-0.25, -0.2) is 9.97 Å². The molecule has 1 atom stereocenters. The molecule has 0 fully saturated rings. The van der Waals surface area contributed by atoms with E-state index in [0.717, 1.165) is 33.7 Å². The Bertz CT molecular complexity index is 1000. The van der Waals surface area contributed by atoms with Crippen molar-refractivity contribution in [3.05, 3.63) is 65.0 Å². The Morgan fingerprint density at radius 1 is 1.07 bits per heavy atom. The van der Waals surface area contributed by atoms with Crippen molar-refractivity contribution in [2.24, 2.45) is 0 Å². The van der Waals surface area contributed by atoms with Crippen LogP contribution in [0.2, 0.25) is 0 Å². The molecule has 1 amide bonds. The number of amides is 1. The smallest absolute Gasteiger partial charge is 0.251 e. The minimum absolute atomic E-state index is 0.0317. The molecule has 0 spiro atoms. The molecule has 2 aromatic carbocycles. The highest BCUT2D eigenvalue weighted by Crippen LogP contribution is 2.22. The van der Waals surface area contributed by atoms with Crippen LogP contribution in [0.4, 0.5) is 0 Å². The van der Waals surface area contributed by atoms with E-state index in [0.29, 0.717) is 12.1 Å². The Balaban J connectivity index is 1.77. The third-order valence-electron chi connectivity index (χ3n) is 4.90. The Kier molecular flexibility index (Phi) is 5.90. The first-order valence-electron chi connectivity index (χ1n) is 9.22. The Hall–Kier alpha value is -2.99. The molecule has 0 radical (unpaired) electrons. The predicted octanol–water partition coefficient (Wildman–Crippen LogP) is 3.29. The number of fused-ring (bicyclic) bond motifs is 1. The number of nitrogens with zero attached hydrogens (tertiary/aromatic N) is 3. The number of hydrogen-bond acceptors (Lipinski definition) is 5. The van der Waals surface area contributed by atoms with E-state index in [4.69, 9.17) is 4.74 Å². The molecule has 0 saturated carbocycles. The van der Waals surface area contributed by atoms with E-state index in [1.54, 1.807) is 19.2 Å². The summed E-state index contributed by atoms with van der Waals surface area (Å²) >= 11 is 0. The first kappa shape index (κ1) is 19.8. The molecule has 3 rings (SSSR count). The summed E-state index contributed by atoms with van der Waals surface area (Å²) < 4.78 is 5.32. The molecule has 6 heteroatoms. The van der Waals surface area contributed by atoms with Gasteiger partial charge in [0.1, 0.15) is 5.75 Å². The third-order valence-corrected chi connectivity index (χ3v) is 4.90. The molecule has 3 aromatic rings. The Morgan fingerprint density at radius 3 is 2.46 bits per heavy atom. The molecule has 1 heterocycles. The van der Waals surface area contributed by atoms with Gasteiger partial charge in [0.05, 0.1) is 35.6 Å². The SMILES string of the molecule is COc1cccc(C(CNC(=O)c2ccc3nc(C)c(C)nc3c2)N(C)C)c1. The molecule has 6 nitrogen and oxygen atoms in total. The fourth-order valence-corrected chi connectivity index (χ4v) is 3.11. The number of benzene rings is 2. The average molecular weight is 378 g/mol. The zero-order valence-corrected chi connectivity index (χ0v) is 17.0. The van der Waals surface area contributed by atoms with Crippen molar-refractivity contribution in [1.82, 2.24) is 20.2 Å². The maximum Gasteiger partial charge on any atom is 0.251 e. The predicted molar refractivity (Wildman–Crippen MR) is 111 cm³/mol. The average Bonchev–Trinajstić information content (AvgIpc) is 2.68. The van der Waals surface area contributed by atoms with Crippen LogP contribution in [0.15, 0.2) is 42.5 Å². The first-order valence-corrected chi connectivity index (χ1v) is 9.22. The third kappa shape index (κ3) is 4.28. The number of aryl methyl sites for hydroxylation is 2. The van der Waals surface area contributed by atoms with E-state index >= 15 is 0 Å². The van der Waals surface area contributed by atoms with Gasteiger partial charge in [-0.2, -0.15) is 0 Å². The normalized spacial score (nSPS) is 12.2. The van der Waals surface area contributed by atoms with Crippen molar-refractivity contribution in [2.45, 2.75) is 19.9 Å². The molecule has 146 valence electrons. The molecule has 28 heavy (non-hydrogen) atoms. The lowest BCUT2D eigenvalue weighted by Gasteiger charge is -2.25. The van der Waals surface area contributed by atoms with E-state index < -0.39 is 0 Å². The topological polar surface area (TPSA) is 67.3 Å². The summed E-state index contributed by atoms with van der Waals surface area (Å²) in [5.74, 6) is 0.672. The summed E-state index contributed by atoms with van der Waals surface area (Å²) in [6, 6.07) is 13.4. The van der Waals surface area contributed by atoms with Crippen molar-refractivity contribution in [3.8, 4) is 5.75 Å². The summed E-state index contributed by atoms with van der Waals surface area (Å²) in [4.78, 5) is 23.9. The standard InChI is InChI=1S/C22H26N4O2/c1-14-15(2)25-20-12-17(9-10-19(20)24-14)22(27)23-13-21(26(3)4)16-7-6-8-18(11-16)28-5/h6-12,21H,13H2,1-5H3,(H,23,27). The van der Waals surface area contributed by atoms with Crippen molar-refractivity contribution in [1.29, 1.82) is 0 Å². The number of ether oxygens (including phenoxy) is 1.